The van der Waals surface area contributed by atoms with E-state index >= 15 is 0 Å². The van der Waals surface area contributed by atoms with E-state index < -0.39 is 23.7 Å². The molecule has 0 unspecified atom stereocenters. The second-order valence-electron chi connectivity index (χ2n) is 8.60. The first-order chi connectivity index (χ1) is 18.9. The van der Waals surface area contributed by atoms with E-state index in [1.165, 1.54) is 24.3 Å². The maximum atomic E-state index is 14.4. The topological polar surface area (TPSA) is 84.9 Å². The lowest BCUT2D eigenvalue weighted by molar-refractivity contribution is -0.122. The fourth-order valence-electron chi connectivity index (χ4n) is 4.32. The highest BCUT2D eigenvalue weighted by molar-refractivity contribution is 14.1. The van der Waals surface area contributed by atoms with Gasteiger partial charge in [0.25, 0.3) is 11.8 Å². The van der Waals surface area contributed by atoms with Crippen LogP contribution in [-0.2, 0) is 16.2 Å². The Morgan fingerprint density at radius 1 is 0.949 bits per heavy atom. The molecule has 4 aromatic carbocycles. The van der Waals surface area contributed by atoms with Crippen molar-refractivity contribution in [1.82, 2.24) is 5.32 Å². The van der Waals surface area contributed by atoms with Gasteiger partial charge < -0.3 is 9.47 Å². The van der Waals surface area contributed by atoms with E-state index in [4.69, 9.17) is 9.47 Å². The zero-order valence-corrected chi connectivity index (χ0v) is 22.9. The molecule has 0 aliphatic carbocycles. The first kappa shape index (κ1) is 26.4. The van der Waals surface area contributed by atoms with Crippen LogP contribution in [0.5, 0.6) is 11.5 Å². The van der Waals surface area contributed by atoms with E-state index in [9.17, 15) is 18.8 Å². The summed E-state index contributed by atoms with van der Waals surface area (Å²) in [5, 5.41) is 4.31. The molecule has 4 aromatic rings. The monoisotopic (exact) mass is 636 g/mol. The van der Waals surface area contributed by atoms with Gasteiger partial charge in [-0.25, -0.2) is 14.1 Å². The first-order valence-corrected chi connectivity index (χ1v) is 13.2. The molecule has 9 heteroatoms. The first-order valence-electron chi connectivity index (χ1n) is 12.1. The summed E-state index contributed by atoms with van der Waals surface area (Å²) in [6.45, 7) is 2.50. The Labute approximate surface area is 237 Å². The predicted octanol–water partition coefficient (Wildman–Crippen LogP) is 6.23. The van der Waals surface area contributed by atoms with Crippen LogP contribution in [0.2, 0.25) is 0 Å². The number of barbiturate groups is 1. The minimum atomic E-state index is -1.02. The Balaban J connectivity index is 1.47. The van der Waals surface area contributed by atoms with Crippen LogP contribution in [-0.4, -0.2) is 24.5 Å². The molecule has 0 radical (unpaired) electrons. The van der Waals surface area contributed by atoms with E-state index in [1.54, 1.807) is 12.1 Å². The molecule has 1 saturated heterocycles. The van der Waals surface area contributed by atoms with E-state index in [0.717, 1.165) is 22.4 Å². The quantitative estimate of drug-likeness (QED) is 0.148. The normalized spacial score (nSPS) is 14.6. The van der Waals surface area contributed by atoms with Crippen LogP contribution in [0.25, 0.3) is 16.8 Å². The van der Waals surface area contributed by atoms with Crippen molar-refractivity contribution in [2.45, 2.75) is 13.5 Å². The number of anilines is 1. The van der Waals surface area contributed by atoms with Gasteiger partial charge in [0.1, 0.15) is 18.0 Å². The van der Waals surface area contributed by atoms with Gasteiger partial charge in [0.15, 0.2) is 11.5 Å². The van der Waals surface area contributed by atoms with Crippen LogP contribution in [0, 0.1) is 9.39 Å². The van der Waals surface area contributed by atoms with Gasteiger partial charge in [-0.05, 0) is 81.8 Å². The lowest BCUT2D eigenvalue weighted by Gasteiger charge is -2.26. The van der Waals surface area contributed by atoms with Crippen LogP contribution in [0.1, 0.15) is 18.1 Å². The average molecular weight is 636 g/mol. The van der Waals surface area contributed by atoms with E-state index in [-0.39, 0.29) is 11.3 Å². The fourth-order valence-corrected chi connectivity index (χ4v) is 5.10. The molecule has 1 fully saturated rings. The second-order valence-corrected chi connectivity index (χ2v) is 9.76. The van der Waals surface area contributed by atoms with Gasteiger partial charge in [0.2, 0.25) is 0 Å². The summed E-state index contributed by atoms with van der Waals surface area (Å²) in [5.41, 5.74) is 0.919. The van der Waals surface area contributed by atoms with Crippen molar-refractivity contribution < 1.29 is 28.2 Å². The Kier molecular flexibility index (Phi) is 7.60. The smallest absolute Gasteiger partial charge is 0.336 e. The van der Waals surface area contributed by atoms with Crippen molar-refractivity contribution in [3.05, 3.63) is 105 Å². The molecule has 7 nitrogen and oxygen atoms in total. The number of halogens is 2. The summed E-state index contributed by atoms with van der Waals surface area (Å²) in [6, 6.07) is 21.8. The molecule has 0 atom stereocenters. The Morgan fingerprint density at radius 2 is 1.69 bits per heavy atom. The maximum Gasteiger partial charge on any atom is 0.336 e. The number of carbonyl (C=O) groups is 3. The molecular weight excluding hydrogens is 614 g/mol. The van der Waals surface area contributed by atoms with Crippen LogP contribution in [0.3, 0.4) is 0 Å². The molecule has 1 heterocycles. The molecule has 1 aliphatic heterocycles. The van der Waals surface area contributed by atoms with Crippen LogP contribution in [0.15, 0.2) is 84.4 Å². The number of fused-ring (bicyclic) bond motifs is 1. The zero-order chi connectivity index (χ0) is 27.5. The molecule has 1 aliphatic rings. The number of hydrogen-bond acceptors (Lipinski definition) is 5. The van der Waals surface area contributed by atoms with Gasteiger partial charge in [-0.2, -0.15) is 0 Å². The average Bonchev–Trinajstić information content (AvgIpc) is 2.92. The van der Waals surface area contributed by atoms with Crippen LogP contribution in [0.4, 0.5) is 14.9 Å². The fraction of sp³-hybridized carbons (Fsp3) is 0.100. The van der Waals surface area contributed by atoms with Crippen molar-refractivity contribution in [3.63, 3.8) is 0 Å². The van der Waals surface area contributed by atoms with Crippen molar-refractivity contribution in [2.24, 2.45) is 0 Å². The number of urea groups is 1. The number of rotatable bonds is 7. The van der Waals surface area contributed by atoms with Gasteiger partial charge >= 0.3 is 6.03 Å². The number of benzene rings is 4. The molecule has 5 rings (SSSR count). The molecule has 0 spiro atoms. The number of hydrogen-bond donors (Lipinski definition) is 1. The summed E-state index contributed by atoms with van der Waals surface area (Å²) in [6.07, 6.45) is 1.34. The van der Waals surface area contributed by atoms with Gasteiger partial charge in [0.05, 0.1) is 15.9 Å². The molecule has 1 N–H and O–H groups in total. The number of nitrogens with one attached hydrogen (secondary N) is 1. The number of imide groups is 2. The summed E-state index contributed by atoms with van der Waals surface area (Å²) < 4.78 is 27.1. The molecular formula is C30H22FIN2O5. The lowest BCUT2D eigenvalue weighted by atomic mass is 10.1. The third-order valence-corrected chi connectivity index (χ3v) is 6.89. The second kappa shape index (κ2) is 11.2. The summed E-state index contributed by atoms with van der Waals surface area (Å²) in [7, 11) is 0. The van der Waals surface area contributed by atoms with Gasteiger partial charge in [-0.1, -0.05) is 54.6 Å². The summed E-state index contributed by atoms with van der Waals surface area (Å²) in [5.74, 6) is -1.62. The maximum absolute atomic E-state index is 14.4. The van der Waals surface area contributed by atoms with Crippen LogP contribution < -0.4 is 19.7 Å². The van der Waals surface area contributed by atoms with Crippen LogP contribution >= 0.6 is 22.6 Å². The summed E-state index contributed by atoms with van der Waals surface area (Å²) in [4.78, 5) is 38.8. The number of para-hydroxylation sites is 1. The number of amides is 4. The standard InChI is InChI=1S/C30H22FIN2O5/c1-2-38-26-16-18(14-22-28(35)33-30(37)34(29(22)36)25-13-6-5-12-23(25)31)15-24(32)27(26)39-17-20-10-7-9-19-8-3-4-11-21(19)20/h3-16H,2,17H2,1H3,(H,33,35,37)/b22-14-. The molecule has 0 aromatic heterocycles. The van der Waals surface area contributed by atoms with E-state index in [1.807, 2.05) is 49.4 Å². The van der Waals surface area contributed by atoms with E-state index in [0.29, 0.717) is 38.7 Å². The highest BCUT2D eigenvalue weighted by Gasteiger charge is 2.38. The number of carbonyl (C=O) groups excluding carboxylic acids is 3. The summed E-state index contributed by atoms with van der Waals surface area (Å²) >= 11 is 2.10. The predicted molar refractivity (Wildman–Crippen MR) is 154 cm³/mol. The highest BCUT2D eigenvalue weighted by Crippen LogP contribution is 2.36. The van der Waals surface area contributed by atoms with Crippen molar-refractivity contribution in [2.75, 3.05) is 11.5 Å². The van der Waals surface area contributed by atoms with Gasteiger partial charge in [0, 0.05) is 0 Å². The number of nitrogens with zero attached hydrogens (tertiary/aromatic N) is 1. The van der Waals surface area contributed by atoms with Gasteiger partial charge in [-0.3, -0.25) is 14.9 Å². The third kappa shape index (κ3) is 5.35. The third-order valence-electron chi connectivity index (χ3n) is 6.09. The minimum Gasteiger partial charge on any atom is -0.490 e. The van der Waals surface area contributed by atoms with Crippen molar-refractivity contribution in [1.29, 1.82) is 0 Å². The Morgan fingerprint density at radius 3 is 2.49 bits per heavy atom. The van der Waals surface area contributed by atoms with Crippen molar-refractivity contribution in [3.8, 4) is 11.5 Å². The molecule has 0 saturated carbocycles. The minimum absolute atomic E-state index is 0.250. The zero-order valence-electron chi connectivity index (χ0n) is 20.7. The van der Waals surface area contributed by atoms with Gasteiger partial charge in [-0.15, -0.1) is 0 Å². The highest BCUT2D eigenvalue weighted by atomic mass is 127. The largest absolute Gasteiger partial charge is 0.490 e. The Bertz CT molecular complexity index is 1650. The molecule has 196 valence electrons. The lowest BCUT2D eigenvalue weighted by Crippen LogP contribution is -2.54. The van der Waals surface area contributed by atoms with E-state index in [2.05, 4.69) is 27.9 Å². The number of ether oxygens (including phenoxy) is 2. The SMILES string of the molecule is CCOc1cc(/C=C2/C(=O)NC(=O)N(c3ccccc3F)C2=O)cc(I)c1OCc1cccc2ccccc12. The molecule has 39 heavy (non-hydrogen) atoms. The Hall–Kier alpha value is -4.25. The van der Waals surface area contributed by atoms with Crippen molar-refractivity contribution >= 4 is 63.0 Å². The molecule has 4 amide bonds. The molecule has 0 bridgehead atoms.